The molecule has 148 valence electrons. The van der Waals surface area contributed by atoms with E-state index in [1.807, 2.05) is 6.07 Å². The van der Waals surface area contributed by atoms with Crippen LogP contribution in [0.15, 0.2) is 48.5 Å². The van der Waals surface area contributed by atoms with Crippen molar-refractivity contribution in [3.05, 3.63) is 65.5 Å². The number of carbonyl (C=O) groups is 2. The Morgan fingerprint density at radius 3 is 2.83 bits per heavy atom. The number of hydrogen-bond acceptors (Lipinski definition) is 3. The molecule has 2 aromatic rings. The lowest BCUT2D eigenvalue weighted by atomic mass is 9.71. The van der Waals surface area contributed by atoms with Crippen molar-refractivity contribution in [3.8, 4) is 6.07 Å². The molecule has 29 heavy (non-hydrogen) atoms. The summed E-state index contributed by atoms with van der Waals surface area (Å²) in [5.74, 6) is -0.688. The van der Waals surface area contributed by atoms with Gasteiger partial charge in [0.25, 0.3) is 5.91 Å². The second-order valence-electron chi connectivity index (χ2n) is 7.93. The van der Waals surface area contributed by atoms with Gasteiger partial charge in [0.15, 0.2) is 0 Å². The van der Waals surface area contributed by atoms with Crippen LogP contribution in [0.5, 0.6) is 0 Å². The number of halogens is 1. The van der Waals surface area contributed by atoms with Crippen molar-refractivity contribution in [1.82, 2.24) is 5.32 Å². The number of rotatable bonds is 3. The molecular weight excluding hydrogens is 369 g/mol. The highest BCUT2D eigenvalue weighted by Crippen LogP contribution is 2.46. The van der Waals surface area contributed by atoms with E-state index in [1.54, 1.807) is 29.2 Å². The summed E-state index contributed by atoms with van der Waals surface area (Å²) in [6, 6.07) is 14.7. The maximum absolute atomic E-state index is 13.4. The molecule has 1 saturated heterocycles. The van der Waals surface area contributed by atoms with Crippen LogP contribution in [0.3, 0.4) is 0 Å². The molecule has 0 aromatic heterocycles. The first-order valence-electron chi connectivity index (χ1n) is 9.89. The lowest BCUT2D eigenvalue weighted by Crippen LogP contribution is -2.46. The Morgan fingerprint density at radius 1 is 1.21 bits per heavy atom. The predicted octanol–water partition coefficient (Wildman–Crippen LogP) is 3.79. The Bertz CT molecular complexity index is 1000. The van der Waals surface area contributed by atoms with E-state index in [1.165, 1.54) is 18.2 Å². The molecule has 1 N–H and O–H groups in total. The standard InChI is InChI=1S/C23H22FN3O2/c24-18-6-2-5-17(13-18)21(28)26-19-7-3-9-23(14-19)10-11-27(22(23)29)20-8-1-4-16(12-20)15-25/h1-2,4-6,8,12-13,19H,3,7,9-11,14H2,(H,26,28). The van der Waals surface area contributed by atoms with Crippen molar-refractivity contribution in [2.45, 2.75) is 38.1 Å². The highest BCUT2D eigenvalue weighted by molar-refractivity contribution is 6.00. The number of anilines is 1. The molecule has 6 heteroatoms. The maximum atomic E-state index is 13.4. The molecule has 1 heterocycles. The summed E-state index contributed by atoms with van der Waals surface area (Å²) in [5.41, 5.74) is 1.08. The van der Waals surface area contributed by atoms with Gasteiger partial charge in [0.1, 0.15) is 5.82 Å². The molecule has 0 radical (unpaired) electrons. The zero-order chi connectivity index (χ0) is 20.4. The van der Waals surface area contributed by atoms with Crippen LogP contribution in [0.2, 0.25) is 0 Å². The van der Waals surface area contributed by atoms with Crippen LogP contribution in [0.25, 0.3) is 0 Å². The van der Waals surface area contributed by atoms with Crippen molar-refractivity contribution < 1.29 is 14.0 Å². The second kappa shape index (κ2) is 7.67. The third-order valence-corrected chi connectivity index (χ3v) is 6.07. The first-order chi connectivity index (χ1) is 14.0. The Hall–Kier alpha value is -3.20. The first kappa shape index (κ1) is 19.1. The van der Waals surface area contributed by atoms with Crippen LogP contribution < -0.4 is 10.2 Å². The number of benzene rings is 2. The fourth-order valence-corrected chi connectivity index (χ4v) is 4.62. The molecule has 2 atom stereocenters. The summed E-state index contributed by atoms with van der Waals surface area (Å²) in [7, 11) is 0. The van der Waals surface area contributed by atoms with Gasteiger partial charge in [-0.1, -0.05) is 18.6 Å². The van der Waals surface area contributed by atoms with Gasteiger partial charge in [-0.2, -0.15) is 5.26 Å². The summed E-state index contributed by atoms with van der Waals surface area (Å²) in [6.45, 7) is 0.609. The normalized spacial score (nSPS) is 23.8. The molecule has 0 bridgehead atoms. The number of hydrogen-bond donors (Lipinski definition) is 1. The van der Waals surface area contributed by atoms with Crippen molar-refractivity contribution >= 4 is 17.5 Å². The third-order valence-electron chi connectivity index (χ3n) is 6.07. The fourth-order valence-electron chi connectivity index (χ4n) is 4.62. The van der Waals surface area contributed by atoms with Gasteiger partial charge < -0.3 is 10.2 Å². The Morgan fingerprint density at radius 2 is 2.03 bits per heavy atom. The van der Waals surface area contributed by atoms with Crippen molar-refractivity contribution in [2.75, 3.05) is 11.4 Å². The molecule has 1 aliphatic heterocycles. The third kappa shape index (κ3) is 3.73. The number of nitriles is 1. The van der Waals surface area contributed by atoms with E-state index in [0.29, 0.717) is 18.5 Å². The molecule has 2 amide bonds. The minimum Gasteiger partial charge on any atom is -0.349 e. The van der Waals surface area contributed by atoms with Crippen molar-refractivity contribution in [2.24, 2.45) is 5.41 Å². The lowest BCUT2D eigenvalue weighted by Gasteiger charge is -2.37. The van der Waals surface area contributed by atoms with Gasteiger partial charge in [-0.05, 0) is 62.1 Å². The van der Waals surface area contributed by atoms with E-state index in [2.05, 4.69) is 11.4 Å². The monoisotopic (exact) mass is 391 g/mol. The zero-order valence-corrected chi connectivity index (χ0v) is 16.0. The SMILES string of the molecule is N#Cc1cccc(N2CCC3(CCCC(NC(=O)c4cccc(F)c4)C3)C2=O)c1. The molecule has 2 aromatic carbocycles. The summed E-state index contributed by atoms with van der Waals surface area (Å²) < 4.78 is 13.4. The van der Waals surface area contributed by atoms with Crippen LogP contribution in [0.1, 0.15) is 48.0 Å². The smallest absolute Gasteiger partial charge is 0.251 e. The number of carbonyl (C=O) groups excluding carboxylic acids is 2. The molecule has 1 saturated carbocycles. The fraction of sp³-hybridized carbons (Fsp3) is 0.348. The average Bonchev–Trinajstić information content (AvgIpc) is 3.03. The minimum atomic E-state index is -0.485. The molecule has 4 rings (SSSR count). The van der Waals surface area contributed by atoms with E-state index >= 15 is 0 Å². The van der Waals surface area contributed by atoms with E-state index in [-0.39, 0.29) is 23.4 Å². The highest BCUT2D eigenvalue weighted by atomic mass is 19.1. The van der Waals surface area contributed by atoms with E-state index < -0.39 is 11.2 Å². The Balaban J connectivity index is 1.48. The predicted molar refractivity (Wildman–Crippen MR) is 107 cm³/mol. The molecule has 2 aliphatic rings. The quantitative estimate of drug-likeness (QED) is 0.865. The van der Waals surface area contributed by atoms with Gasteiger partial charge in [-0.25, -0.2) is 4.39 Å². The summed E-state index contributed by atoms with van der Waals surface area (Å²) in [6.07, 6.45) is 3.77. The second-order valence-corrected chi connectivity index (χ2v) is 7.93. The average molecular weight is 391 g/mol. The van der Waals surface area contributed by atoms with Gasteiger partial charge in [0.05, 0.1) is 17.0 Å². The Kier molecular flexibility index (Phi) is 5.06. The van der Waals surface area contributed by atoms with Crippen molar-refractivity contribution in [3.63, 3.8) is 0 Å². The summed E-state index contributed by atoms with van der Waals surface area (Å²) >= 11 is 0. The van der Waals surface area contributed by atoms with Gasteiger partial charge >= 0.3 is 0 Å². The maximum Gasteiger partial charge on any atom is 0.251 e. The van der Waals surface area contributed by atoms with Gasteiger partial charge in [-0.15, -0.1) is 0 Å². The van der Waals surface area contributed by atoms with Crippen molar-refractivity contribution in [1.29, 1.82) is 5.26 Å². The molecule has 1 spiro atoms. The summed E-state index contributed by atoms with van der Waals surface area (Å²) in [5, 5.41) is 12.1. The van der Waals surface area contributed by atoms with Crippen LogP contribution in [-0.4, -0.2) is 24.4 Å². The Labute approximate surface area is 169 Å². The lowest BCUT2D eigenvalue weighted by molar-refractivity contribution is -0.127. The van der Waals surface area contributed by atoms with Crippen LogP contribution in [0.4, 0.5) is 10.1 Å². The highest BCUT2D eigenvalue weighted by Gasteiger charge is 2.49. The van der Waals surface area contributed by atoms with E-state index in [4.69, 9.17) is 5.26 Å². The number of nitrogens with zero attached hydrogens (tertiary/aromatic N) is 2. The molecule has 2 fully saturated rings. The first-order valence-corrected chi connectivity index (χ1v) is 9.89. The van der Waals surface area contributed by atoms with E-state index in [0.717, 1.165) is 31.4 Å². The largest absolute Gasteiger partial charge is 0.349 e. The molecule has 2 unspecified atom stereocenters. The van der Waals surface area contributed by atoms with Crippen LogP contribution >= 0.6 is 0 Å². The van der Waals surface area contributed by atoms with Gasteiger partial charge in [0.2, 0.25) is 5.91 Å². The van der Waals surface area contributed by atoms with Gasteiger partial charge in [0, 0.05) is 23.8 Å². The molecule has 5 nitrogen and oxygen atoms in total. The topological polar surface area (TPSA) is 73.2 Å². The van der Waals surface area contributed by atoms with E-state index in [9.17, 15) is 14.0 Å². The number of nitrogens with one attached hydrogen (secondary N) is 1. The molecule has 1 aliphatic carbocycles. The minimum absolute atomic E-state index is 0.0669. The number of amides is 2. The van der Waals surface area contributed by atoms with Crippen LogP contribution in [0, 0.1) is 22.6 Å². The summed E-state index contributed by atoms with van der Waals surface area (Å²) in [4.78, 5) is 27.6. The molecular formula is C23H22FN3O2. The van der Waals surface area contributed by atoms with Crippen LogP contribution in [-0.2, 0) is 4.79 Å². The van der Waals surface area contributed by atoms with Gasteiger partial charge in [-0.3, -0.25) is 9.59 Å². The zero-order valence-electron chi connectivity index (χ0n) is 16.0.